The largest absolute Gasteiger partial charge is 0.416 e. The second kappa shape index (κ2) is 10.0. The second-order valence-corrected chi connectivity index (χ2v) is 9.42. The van der Waals surface area contributed by atoms with Crippen molar-refractivity contribution in [1.82, 2.24) is 20.1 Å². The highest BCUT2D eigenvalue weighted by Gasteiger charge is 2.45. The normalized spacial score (nSPS) is 25.9. The number of nitrogens with one attached hydrogen (secondary N) is 2. The van der Waals surface area contributed by atoms with Gasteiger partial charge in [-0.05, 0) is 43.4 Å². The van der Waals surface area contributed by atoms with Crippen LogP contribution in [0.1, 0.15) is 37.8 Å². The van der Waals surface area contributed by atoms with Gasteiger partial charge >= 0.3 is 18.0 Å². The molecule has 4 rings (SSSR count). The molecule has 1 aromatic heterocycles. The molecule has 2 aromatic rings. The van der Waals surface area contributed by atoms with Crippen molar-refractivity contribution in [2.75, 3.05) is 18.9 Å². The number of rotatable bonds is 6. The minimum Gasteiger partial charge on any atom is -0.372 e. The summed E-state index contributed by atoms with van der Waals surface area (Å²) in [5.74, 6) is -2.20. The van der Waals surface area contributed by atoms with E-state index in [-0.39, 0.29) is 30.2 Å². The third-order valence-electron chi connectivity index (χ3n) is 7.03. The summed E-state index contributed by atoms with van der Waals surface area (Å²) < 4.78 is 87.5. The highest BCUT2D eigenvalue weighted by molar-refractivity contribution is 5.35. The molecule has 0 radical (unpaired) electrons. The van der Waals surface area contributed by atoms with Gasteiger partial charge in [-0.3, -0.25) is 4.57 Å². The molecule has 1 aliphatic heterocycles. The number of halogens is 6. The summed E-state index contributed by atoms with van der Waals surface area (Å²) in [6.45, 7) is 1.75. The van der Waals surface area contributed by atoms with Crippen molar-refractivity contribution in [3.8, 4) is 0 Å². The van der Waals surface area contributed by atoms with Gasteiger partial charge in [0.15, 0.2) is 0 Å². The summed E-state index contributed by atoms with van der Waals surface area (Å²) in [4.78, 5) is 12.1. The van der Waals surface area contributed by atoms with Crippen molar-refractivity contribution in [2.24, 2.45) is 5.92 Å². The van der Waals surface area contributed by atoms with E-state index in [0.29, 0.717) is 19.4 Å². The average molecular weight is 532 g/mol. The van der Waals surface area contributed by atoms with Crippen LogP contribution in [0.15, 0.2) is 58.4 Å². The van der Waals surface area contributed by atoms with E-state index in [2.05, 4.69) is 15.5 Å². The number of benzene rings is 1. The number of hydrogen-bond donors (Lipinski definition) is 3. The number of alkyl halides is 6. The Labute approximate surface area is 208 Å². The number of aromatic amines is 1. The molecule has 202 valence electrons. The van der Waals surface area contributed by atoms with Gasteiger partial charge in [0, 0.05) is 6.54 Å². The van der Waals surface area contributed by atoms with Gasteiger partial charge in [-0.25, -0.2) is 9.89 Å². The molecule has 0 saturated carbocycles. The van der Waals surface area contributed by atoms with E-state index >= 15 is 0 Å². The first-order valence-electron chi connectivity index (χ1n) is 11.7. The maximum Gasteiger partial charge on any atom is 0.416 e. The summed E-state index contributed by atoms with van der Waals surface area (Å²) in [6.07, 6.45) is -9.38. The lowest BCUT2D eigenvalue weighted by molar-refractivity contribution is -0.163. The van der Waals surface area contributed by atoms with Crippen molar-refractivity contribution in [1.29, 1.82) is 0 Å². The standard InChI is InChI=1S/C24H27F6N5O2/c1-14(15-9-17(23(25,26)27)11-18(10-15)24(28,29)30)37-13-22(16-5-3-2-4-6-16)8-7-19(12-32-22)35-20(31)33-34-21(35)36/h2-6,9,11,14,18-19,32H,7-8,10,12-13H2,1H3,(H2,31,33)(H,34,36)/t14-,18?,19+,22-/m1/s1. The van der Waals surface area contributed by atoms with Crippen LogP contribution >= 0.6 is 0 Å². The Hall–Kier alpha value is -3.06. The summed E-state index contributed by atoms with van der Waals surface area (Å²) >= 11 is 0. The number of anilines is 1. The molecule has 0 bridgehead atoms. The second-order valence-electron chi connectivity index (χ2n) is 9.42. The van der Waals surface area contributed by atoms with E-state index in [1.54, 1.807) is 0 Å². The molecule has 13 heteroatoms. The van der Waals surface area contributed by atoms with Crippen molar-refractivity contribution in [3.05, 3.63) is 69.7 Å². The summed E-state index contributed by atoms with van der Waals surface area (Å²) in [7, 11) is 0. The molecule has 1 fully saturated rings. The van der Waals surface area contributed by atoms with Gasteiger partial charge in [0.2, 0.25) is 5.95 Å². The minimum absolute atomic E-state index is 0.0141. The minimum atomic E-state index is -4.91. The quantitative estimate of drug-likeness (QED) is 0.481. The van der Waals surface area contributed by atoms with Crippen LogP contribution < -0.4 is 16.7 Å². The number of nitrogens with two attached hydrogens (primary N) is 1. The SMILES string of the molecule is C[C@@H](OC[C@@]1(c2ccccc2)CC[C@H](n2c(N)n[nH]c2=O)CN1)C1=CC(C(F)(F)F)=CC(C(F)(F)F)C1. The molecule has 1 unspecified atom stereocenters. The van der Waals surface area contributed by atoms with E-state index in [9.17, 15) is 31.1 Å². The van der Waals surface area contributed by atoms with Gasteiger partial charge in [-0.2, -0.15) is 26.3 Å². The van der Waals surface area contributed by atoms with E-state index in [0.717, 1.165) is 11.6 Å². The van der Waals surface area contributed by atoms with Crippen molar-refractivity contribution in [3.63, 3.8) is 0 Å². The topological polar surface area (TPSA) is 98.0 Å². The van der Waals surface area contributed by atoms with Crippen LogP contribution in [0, 0.1) is 5.92 Å². The molecular weight excluding hydrogens is 504 g/mol. The Morgan fingerprint density at radius 2 is 1.92 bits per heavy atom. The van der Waals surface area contributed by atoms with Crippen LogP contribution in [0.5, 0.6) is 0 Å². The first-order valence-corrected chi connectivity index (χ1v) is 11.7. The van der Waals surface area contributed by atoms with Crippen molar-refractivity contribution >= 4 is 5.95 Å². The molecule has 37 heavy (non-hydrogen) atoms. The zero-order chi connectivity index (χ0) is 27.0. The fourth-order valence-electron chi connectivity index (χ4n) is 4.90. The van der Waals surface area contributed by atoms with E-state index < -0.39 is 47.6 Å². The molecular formula is C24H27F6N5O2. The number of aromatic nitrogens is 3. The van der Waals surface area contributed by atoms with Crippen LogP contribution in [0.4, 0.5) is 32.3 Å². The Morgan fingerprint density at radius 3 is 2.46 bits per heavy atom. The molecule has 1 aromatic carbocycles. The third kappa shape index (κ3) is 5.77. The van der Waals surface area contributed by atoms with Gasteiger partial charge < -0.3 is 15.8 Å². The predicted molar refractivity (Wildman–Crippen MR) is 123 cm³/mol. The molecule has 0 amide bonds. The van der Waals surface area contributed by atoms with Crippen LogP contribution in [0.25, 0.3) is 0 Å². The fraction of sp³-hybridized carbons (Fsp3) is 0.500. The predicted octanol–water partition coefficient (Wildman–Crippen LogP) is 4.38. The number of ether oxygens (including phenoxy) is 1. The van der Waals surface area contributed by atoms with Gasteiger partial charge in [-0.15, -0.1) is 5.10 Å². The van der Waals surface area contributed by atoms with Crippen LogP contribution in [0.3, 0.4) is 0 Å². The van der Waals surface area contributed by atoms with Crippen molar-refractivity contribution in [2.45, 2.75) is 56.2 Å². The Kier molecular flexibility index (Phi) is 7.30. The molecule has 0 spiro atoms. The van der Waals surface area contributed by atoms with Crippen molar-refractivity contribution < 1.29 is 31.1 Å². The molecule has 4 N–H and O–H groups in total. The summed E-state index contributed by atoms with van der Waals surface area (Å²) in [6, 6.07) is 8.91. The number of hydrogen-bond acceptors (Lipinski definition) is 5. The highest BCUT2D eigenvalue weighted by atomic mass is 19.4. The molecule has 7 nitrogen and oxygen atoms in total. The molecule has 2 heterocycles. The smallest absolute Gasteiger partial charge is 0.372 e. The summed E-state index contributed by atoms with van der Waals surface area (Å²) in [5, 5.41) is 9.42. The number of allylic oxidation sites excluding steroid dienone is 3. The third-order valence-corrected chi connectivity index (χ3v) is 7.03. The van der Waals surface area contributed by atoms with E-state index in [1.165, 1.54) is 11.5 Å². The zero-order valence-corrected chi connectivity index (χ0v) is 19.9. The number of piperidine rings is 1. The number of nitrogen functional groups attached to an aromatic ring is 1. The maximum absolute atomic E-state index is 13.4. The average Bonchev–Trinajstić information content (AvgIpc) is 3.19. The molecule has 1 aliphatic carbocycles. The molecule has 4 atom stereocenters. The van der Waals surface area contributed by atoms with Crippen LogP contribution in [0.2, 0.25) is 0 Å². The molecule has 2 aliphatic rings. The lowest BCUT2D eigenvalue weighted by Gasteiger charge is -2.42. The summed E-state index contributed by atoms with van der Waals surface area (Å²) in [5.41, 5.74) is 4.02. The van der Waals surface area contributed by atoms with Gasteiger partial charge in [0.1, 0.15) is 0 Å². The fourth-order valence-corrected chi connectivity index (χ4v) is 4.90. The van der Waals surface area contributed by atoms with Crippen LogP contribution in [-0.2, 0) is 10.3 Å². The van der Waals surface area contributed by atoms with Gasteiger partial charge in [0.25, 0.3) is 0 Å². The Morgan fingerprint density at radius 1 is 1.22 bits per heavy atom. The van der Waals surface area contributed by atoms with E-state index in [4.69, 9.17) is 10.5 Å². The first kappa shape index (κ1) is 27.0. The molecule has 1 saturated heterocycles. The van der Waals surface area contributed by atoms with E-state index in [1.807, 2.05) is 30.3 Å². The Bertz CT molecular complexity index is 1210. The lowest BCUT2D eigenvalue weighted by Crippen LogP contribution is -2.53. The maximum atomic E-state index is 13.4. The zero-order valence-electron chi connectivity index (χ0n) is 19.9. The monoisotopic (exact) mass is 531 g/mol. The van der Waals surface area contributed by atoms with Gasteiger partial charge in [0.05, 0.1) is 35.8 Å². The number of H-pyrrole nitrogens is 1. The first-order chi connectivity index (χ1) is 17.3. The number of nitrogens with zero attached hydrogens (tertiary/aromatic N) is 2. The van der Waals surface area contributed by atoms with Gasteiger partial charge in [-0.1, -0.05) is 36.4 Å². The van der Waals surface area contributed by atoms with Crippen LogP contribution in [-0.4, -0.2) is 46.4 Å². The highest BCUT2D eigenvalue weighted by Crippen LogP contribution is 2.42. The Balaban J connectivity index is 1.54. The lowest BCUT2D eigenvalue weighted by atomic mass is 9.81.